The van der Waals surface area contributed by atoms with Gasteiger partial charge in [-0.2, -0.15) is 41.6 Å². The molecule has 130 heavy (non-hydrogen) atoms. The van der Waals surface area contributed by atoms with Crippen molar-refractivity contribution in [3.63, 3.8) is 0 Å². The van der Waals surface area contributed by atoms with Crippen molar-refractivity contribution in [2.24, 2.45) is 5.41 Å². The Labute approximate surface area is 738 Å². The van der Waals surface area contributed by atoms with E-state index in [1.165, 1.54) is 56.0 Å². The summed E-state index contributed by atoms with van der Waals surface area (Å²) in [6.07, 6.45) is 23.7. The maximum absolute atomic E-state index is 13.0. The standard InChI is InChI=1S/C20H17N5O.C18H14FN5O3.2C18H14N6O2.C17H19N5O3/c21-12-25-7-6-20(11-25)9-14-8-13(4-5-17(14)23-19(20)26)15-2-1-3-18-16(15)10-22-24-18;19-11-1-3-12(4-2-11)21-15(25)13-5-6-14-16(22-13)27-18(17(26)23-14)7-8-24(9-18)10-20;19-10-24-5-4-18(9-24)17(25)22-15-6-11(7-20-16(15)26-18)12-2-1-3-14-13(12)8-21-23-14;19-10-24-7-6-18(9-24)17(25)22-15-5-4-13(21-16(15)26-18)11-2-1-3-14-12(11)8-20-23-14;18-11-21-9-6-17(10-21)16(24)20-12-4-5-13(19-14(12)25-17)15(23)22-7-2-1-3-8-22/h1-5,8,10H,6-7,9,11H2,(H,22,24)(H,23,26);1-6H,7-9H2,(H,21,25)(H,23,26);1-3,6-8H,4-5,9H2,(H,21,23)(H,22,25);1-5,8H,6-7,9H2,(H,20,23)(H,22,25);4-5H,1-3,6-10H2,(H,20,24)/t20-;;;;/m0..../s1. The first-order valence-electron chi connectivity index (χ1n) is 42.0. The second kappa shape index (κ2) is 33.5. The molecule has 38 nitrogen and oxygen atoms in total. The highest BCUT2D eigenvalue weighted by atomic mass is 19.1. The number of nitrogens with zero attached hydrogens (tertiary/aromatic N) is 18. The number of aromatic nitrogens is 10. The van der Waals surface area contributed by atoms with E-state index < -0.39 is 39.5 Å². The summed E-state index contributed by atoms with van der Waals surface area (Å²) in [6, 6.07) is 41.1. The average molecular weight is 1740 g/mol. The Morgan fingerprint density at radius 2 is 0.838 bits per heavy atom. The molecule has 11 aliphatic rings. The molecule has 9 N–H and O–H groups in total. The number of benzene rings is 5. The first-order valence-corrected chi connectivity index (χ1v) is 42.0. The smallest absolute Gasteiger partial charge is 0.274 e. The topological polar surface area (TPSA) is 505 Å². The van der Waals surface area contributed by atoms with Gasteiger partial charge in [-0.3, -0.25) is 48.9 Å². The highest BCUT2D eigenvalue weighted by Gasteiger charge is 2.55. The second-order valence-corrected chi connectivity index (χ2v) is 33.3. The van der Waals surface area contributed by atoms with Crippen molar-refractivity contribution < 1.29 is 56.9 Å². The number of carbonyl (C=O) groups excluding carboxylic acids is 7. The van der Waals surface area contributed by atoms with Gasteiger partial charge in [0.2, 0.25) is 51.8 Å². The number of hydrogen-bond acceptors (Lipinski definition) is 28. The summed E-state index contributed by atoms with van der Waals surface area (Å²) in [4.78, 5) is 115. The molecule has 11 aliphatic heterocycles. The molecule has 4 unspecified atom stereocenters. The van der Waals surface area contributed by atoms with Crippen LogP contribution in [0, 0.1) is 68.5 Å². The summed E-state index contributed by atoms with van der Waals surface area (Å²) in [5, 5.41) is 86.6. The number of likely N-dealkylation sites (tertiary alicyclic amines) is 6. The average Bonchev–Trinajstić information content (AvgIpc) is 1.55. The van der Waals surface area contributed by atoms with Crippen LogP contribution in [-0.2, 0) is 30.4 Å². The fourth-order valence-corrected chi connectivity index (χ4v) is 18.1. The lowest BCUT2D eigenvalue weighted by Crippen LogP contribution is -2.52. The number of ether oxygens (including phenoxy) is 4. The molecule has 650 valence electrons. The third-order valence-electron chi connectivity index (χ3n) is 25.1. The summed E-state index contributed by atoms with van der Waals surface area (Å²) in [5.41, 5.74) is 8.41. The number of fused-ring (bicyclic) bond motifs is 8. The Kier molecular flexibility index (Phi) is 21.3. The molecule has 7 amide bonds. The van der Waals surface area contributed by atoms with Gasteiger partial charge in [-0.15, -0.1) is 0 Å². The first-order chi connectivity index (χ1) is 63.1. The number of rotatable bonds is 6. The molecule has 23 rings (SSSR count). The predicted molar refractivity (Wildman–Crippen MR) is 464 cm³/mol. The van der Waals surface area contributed by atoms with Gasteiger partial charge in [-0.05, 0) is 151 Å². The number of pyridine rings is 4. The molecule has 0 radical (unpaired) electrons. The zero-order valence-corrected chi connectivity index (χ0v) is 69.4. The van der Waals surface area contributed by atoms with Crippen LogP contribution >= 0.6 is 0 Å². The maximum Gasteiger partial charge on any atom is 0.274 e. The maximum atomic E-state index is 13.0. The van der Waals surface area contributed by atoms with E-state index in [1.54, 1.807) is 41.7 Å². The van der Waals surface area contributed by atoms with Crippen molar-refractivity contribution >= 4 is 108 Å². The highest BCUT2D eigenvalue weighted by Crippen LogP contribution is 2.46. The lowest BCUT2D eigenvalue weighted by molar-refractivity contribution is -0.132. The monoisotopic (exact) mass is 1740 g/mol. The summed E-state index contributed by atoms with van der Waals surface area (Å²) in [7, 11) is 0. The van der Waals surface area contributed by atoms with Gasteiger partial charge in [0.05, 0.1) is 72.4 Å². The van der Waals surface area contributed by atoms with Crippen molar-refractivity contribution in [2.45, 2.75) is 80.2 Å². The van der Waals surface area contributed by atoms with Gasteiger partial charge in [-0.25, -0.2) is 24.3 Å². The van der Waals surface area contributed by atoms with Gasteiger partial charge in [0.1, 0.15) is 40.0 Å². The lowest BCUT2D eigenvalue weighted by atomic mass is 9.76. The highest BCUT2D eigenvalue weighted by molar-refractivity contribution is 6.07. The number of amides is 7. The van der Waals surface area contributed by atoms with Gasteiger partial charge in [-0.1, -0.05) is 42.5 Å². The SMILES string of the molecule is N#CN1CCC2(C1)Oc1nc(-c3cccc4[nH]ncc34)ccc1NC2=O.N#CN1CCC2(C1)Oc1nc(C(=O)N3CCCCC3)ccc1NC2=O.N#CN1CCC2(C1)Oc1nc(C(=O)Nc3ccc(F)cc3)ccc1NC2=O.N#CN1CCC2(C1)Oc1ncc(-c3cccc4[nH]ncc34)cc1NC2=O.N#CN1CC[C@]2(Cc3cc(-c4cccc5[nH]ncc45)ccc3NC2=O)C1. The third-order valence-corrected chi connectivity index (χ3v) is 25.1. The fraction of sp³-hybridized carbons (Fsp3) is 0.286. The van der Waals surface area contributed by atoms with Crippen molar-refractivity contribution in [1.29, 1.82) is 26.3 Å². The summed E-state index contributed by atoms with van der Waals surface area (Å²) >= 11 is 0. The van der Waals surface area contributed by atoms with Gasteiger partial charge in [0, 0.05) is 123 Å². The Morgan fingerprint density at radius 3 is 1.35 bits per heavy atom. The van der Waals surface area contributed by atoms with Gasteiger partial charge < -0.3 is 80.2 Å². The minimum absolute atomic E-state index is 0.0347. The normalized spacial score (nSPS) is 22.0. The number of H-pyrrole nitrogens is 3. The van der Waals surface area contributed by atoms with Crippen LogP contribution < -0.4 is 50.8 Å². The molecule has 12 aromatic rings. The first kappa shape index (κ1) is 82.6. The summed E-state index contributed by atoms with van der Waals surface area (Å²) in [5.74, 6) is -0.903. The molecule has 5 aromatic carbocycles. The van der Waals surface area contributed by atoms with Crippen molar-refractivity contribution in [2.75, 3.05) is 110 Å². The predicted octanol–water partition coefficient (Wildman–Crippen LogP) is 9.35. The van der Waals surface area contributed by atoms with Crippen LogP contribution in [0.1, 0.15) is 77.9 Å². The van der Waals surface area contributed by atoms with Crippen molar-refractivity contribution in [1.82, 2.24) is 79.9 Å². The number of piperidine rings is 1. The van der Waals surface area contributed by atoms with Gasteiger partial charge in [0.25, 0.3) is 35.4 Å². The molecular weight excluding hydrogens is 1670 g/mol. The van der Waals surface area contributed by atoms with Crippen LogP contribution in [0.5, 0.6) is 23.5 Å². The van der Waals surface area contributed by atoms with E-state index in [9.17, 15) is 38.0 Å². The lowest BCUT2D eigenvalue weighted by Gasteiger charge is -2.33. The van der Waals surface area contributed by atoms with E-state index in [1.807, 2.05) is 96.3 Å². The molecule has 0 aliphatic carbocycles. The molecule has 5 spiro atoms. The van der Waals surface area contributed by atoms with Crippen LogP contribution in [0.15, 0.2) is 164 Å². The Morgan fingerprint density at radius 1 is 0.408 bits per heavy atom. The van der Waals surface area contributed by atoms with Crippen LogP contribution in [0.2, 0.25) is 0 Å². The van der Waals surface area contributed by atoms with E-state index in [0.29, 0.717) is 124 Å². The number of halogens is 1. The number of hydrogen-bond donors (Lipinski definition) is 9. The molecule has 7 aromatic heterocycles. The largest absolute Gasteiger partial charge is 0.457 e. The number of aromatic amines is 3. The van der Waals surface area contributed by atoms with E-state index in [2.05, 4.69) is 113 Å². The number of nitrogens with one attached hydrogen (secondary N) is 9. The van der Waals surface area contributed by atoms with Crippen LogP contribution in [0.25, 0.3) is 66.2 Å². The number of carbonyl (C=O) groups is 7. The molecule has 6 saturated heterocycles. The molecule has 0 bridgehead atoms. The zero-order chi connectivity index (χ0) is 89.6. The van der Waals surface area contributed by atoms with Gasteiger partial charge in [0.15, 0.2) is 31.0 Å². The van der Waals surface area contributed by atoms with E-state index in [0.717, 1.165) is 110 Å². The minimum Gasteiger partial charge on any atom is -0.457 e. The van der Waals surface area contributed by atoms with Crippen LogP contribution in [0.3, 0.4) is 0 Å². The Bertz CT molecular complexity index is 6690. The van der Waals surface area contributed by atoms with E-state index in [-0.39, 0.29) is 79.1 Å². The Hall–Kier alpha value is -17.0. The molecular formula is C91H78FN27O11. The second-order valence-electron chi connectivity index (χ2n) is 33.3. The van der Waals surface area contributed by atoms with E-state index >= 15 is 0 Å². The minimum atomic E-state index is -1.19. The summed E-state index contributed by atoms with van der Waals surface area (Å²) < 4.78 is 36.7. The Balaban J connectivity index is 0.000000105. The molecule has 5 atom stereocenters. The molecule has 18 heterocycles. The van der Waals surface area contributed by atoms with Crippen molar-refractivity contribution in [3.05, 3.63) is 187 Å². The van der Waals surface area contributed by atoms with E-state index in [4.69, 9.17) is 45.3 Å². The number of anilines is 6. The summed E-state index contributed by atoms with van der Waals surface area (Å²) in [6.45, 7) is 5.30. The number of nitriles is 5. The molecule has 39 heteroatoms. The van der Waals surface area contributed by atoms with Crippen molar-refractivity contribution in [3.8, 4) is 88.0 Å². The van der Waals surface area contributed by atoms with Gasteiger partial charge >= 0.3 is 0 Å². The molecule has 0 saturated carbocycles. The molecule has 6 fully saturated rings. The van der Waals surface area contributed by atoms with Crippen LogP contribution in [-0.4, -0.2) is 222 Å². The zero-order valence-electron chi connectivity index (χ0n) is 69.4. The third kappa shape index (κ3) is 15.5. The fourth-order valence-electron chi connectivity index (χ4n) is 18.1. The van der Waals surface area contributed by atoms with Crippen LogP contribution in [0.4, 0.5) is 38.5 Å². The quantitative estimate of drug-likeness (QED) is 0.0700.